The number of hydrogen-bond donors (Lipinski definition) is 1. The molecule has 0 aromatic rings. The Kier molecular flexibility index (Phi) is 4.68. The summed E-state index contributed by atoms with van der Waals surface area (Å²) in [6, 6.07) is -0.374. The lowest BCUT2D eigenvalue weighted by Crippen LogP contribution is -2.40. The normalized spacial score (nSPS) is 27.4. The number of carbonyl (C=O) groups is 1. The quantitative estimate of drug-likeness (QED) is 0.574. The Morgan fingerprint density at radius 3 is 2.71 bits per heavy atom. The topological polar surface area (TPSA) is 41.6 Å². The van der Waals surface area contributed by atoms with Gasteiger partial charge in [-0.25, -0.2) is 9.18 Å². The smallest absolute Gasteiger partial charge is 0.407 e. The molecule has 2 unspecified atom stereocenters. The highest BCUT2D eigenvalue weighted by molar-refractivity contribution is 5.68. The SMILES string of the molecule is CC(C)(C)OC(=O)NC1CCCN(F)C(F)C1. The molecule has 0 aliphatic carbocycles. The van der Waals surface area contributed by atoms with Gasteiger partial charge in [-0.2, -0.15) is 0 Å². The minimum absolute atomic E-state index is 0.0459. The van der Waals surface area contributed by atoms with Gasteiger partial charge in [0.05, 0.1) is 0 Å². The minimum atomic E-state index is -1.66. The molecule has 1 aliphatic heterocycles. The molecular formula is C11H20F2N2O2. The van der Waals surface area contributed by atoms with Crippen LogP contribution in [0.5, 0.6) is 0 Å². The Balaban J connectivity index is 2.43. The fraction of sp³-hybridized carbons (Fsp3) is 0.909. The lowest BCUT2D eigenvalue weighted by atomic mass is 10.1. The van der Waals surface area contributed by atoms with Crippen LogP contribution in [-0.2, 0) is 4.74 Å². The van der Waals surface area contributed by atoms with Gasteiger partial charge in [0.15, 0.2) is 6.30 Å². The minimum Gasteiger partial charge on any atom is -0.444 e. The first-order valence-electron chi connectivity index (χ1n) is 5.84. The van der Waals surface area contributed by atoms with E-state index in [2.05, 4.69) is 5.32 Å². The van der Waals surface area contributed by atoms with Crippen molar-refractivity contribution in [2.45, 2.75) is 58.0 Å². The summed E-state index contributed by atoms with van der Waals surface area (Å²) in [5.41, 5.74) is -0.587. The van der Waals surface area contributed by atoms with E-state index in [0.717, 1.165) is 0 Å². The van der Waals surface area contributed by atoms with Crippen molar-refractivity contribution in [3.63, 3.8) is 0 Å². The van der Waals surface area contributed by atoms with Crippen molar-refractivity contribution in [1.82, 2.24) is 10.4 Å². The molecule has 6 heteroatoms. The maximum Gasteiger partial charge on any atom is 0.407 e. The van der Waals surface area contributed by atoms with Crippen LogP contribution in [0.2, 0.25) is 0 Å². The van der Waals surface area contributed by atoms with E-state index in [1.54, 1.807) is 20.8 Å². The van der Waals surface area contributed by atoms with Gasteiger partial charge in [-0.1, -0.05) is 0 Å². The number of rotatable bonds is 1. The summed E-state index contributed by atoms with van der Waals surface area (Å²) in [6.07, 6.45) is -1.22. The van der Waals surface area contributed by atoms with E-state index in [0.29, 0.717) is 12.8 Å². The monoisotopic (exact) mass is 250 g/mol. The average Bonchev–Trinajstić information content (AvgIpc) is 2.26. The number of halogens is 2. The molecule has 2 atom stereocenters. The fourth-order valence-electron chi connectivity index (χ4n) is 1.70. The zero-order valence-corrected chi connectivity index (χ0v) is 10.5. The van der Waals surface area contributed by atoms with Crippen LogP contribution >= 0.6 is 0 Å². The van der Waals surface area contributed by atoms with E-state index in [1.165, 1.54) is 0 Å². The zero-order chi connectivity index (χ0) is 13.1. The summed E-state index contributed by atoms with van der Waals surface area (Å²) >= 11 is 0. The molecule has 1 aliphatic rings. The second-order valence-electron chi connectivity index (χ2n) is 5.28. The Morgan fingerprint density at radius 2 is 2.12 bits per heavy atom. The molecule has 0 aromatic heterocycles. The molecule has 1 amide bonds. The first kappa shape index (κ1) is 14.2. The van der Waals surface area contributed by atoms with Gasteiger partial charge in [0.2, 0.25) is 0 Å². The summed E-state index contributed by atoms with van der Waals surface area (Å²) in [4.78, 5) is 11.5. The van der Waals surface area contributed by atoms with Gasteiger partial charge in [-0.15, -0.1) is 9.60 Å². The summed E-state index contributed by atoms with van der Waals surface area (Å²) in [5, 5.41) is 2.75. The van der Waals surface area contributed by atoms with E-state index in [1.807, 2.05) is 0 Å². The zero-order valence-electron chi connectivity index (χ0n) is 10.5. The van der Waals surface area contributed by atoms with Gasteiger partial charge in [0.1, 0.15) is 5.60 Å². The number of ether oxygens (including phenoxy) is 1. The third-order valence-corrected chi connectivity index (χ3v) is 2.43. The molecule has 0 bridgehead atoms. The van der Waals surface area contributed by atoms with Crippen LogP contribution in [0.15, 0.2) is 0 Å². The lowest BCUT2D eigenvalue weighted by molar-refractivity contribution is -0.0783. The third-order valence-electron chi connectivity index (χ3n) is 2.43. The number of nitrogens with zero attached hydrogens (tertiary/aromatic N) is 1. The maximum absolute atomic E-state index is 13.2. The molecule has 0 aromatic carbocycles. The first-order valence-corrected chi connectivity index (χ1v) is 5.84. The van der Waals surface area contributed by atoms with Gasteiger partial charge < -0.3 is 10.1 Å². The number of carbonyl (C=O) groups excluding carboxylic acids is 1. The Morgan fingerprint density at radius 1 is 1.47 bits per heavy atom. The molecule has 4 nitrogen and oxygen atoms in total. The number of nitrogens with one attached hydrogen (secondary N) is 1. The molecule has 1 N–H and O–H groups in total. The number of amides is 1. The van der Waals surface area contributed by atoms with Gasteiger partial charge >= 0.3 is 6.09 Å². The van der Waals surface area contributed by atoms with Gasteiger partial charge in [0.25, 0.3) is 0 Å². The highest BCUT2D eigenvalue weighted by atomic mass is 19.2. The molecule has 17 heavy (non-hydrogen) atoms. The van der Waals surface area contributed by atoms with Crippen molar-refractivity contribution in [1.29, 1.82) is 0 Å². The number of alkyl halides is 1. The van der Waals surface area contributed by atoms with Crippen LogP contribution in [0.4, 0.5) is 13.7 Å². The van der Waals surface area contributed by atoms with Crippen LogP contribution in [0, 0.1) is 0 Å². The predicted octanol–water partition coefficient (Wildman–Crippen LogP) is 2.55. The van der Waals surface area contributed by atoms with Gasteiger partial charge in [-0.05, 0) is 33.6 Å². The second-order valence-corrected chi connectivity index (χ2v) is 5.28. The highest BCUT2D eigenvalue weighted by Gasteiger charge is 2.28. The standard InChI is InChI=1S/C11H20F2N2O2/c1-11(2,3)17-10(16)14-8-5-4-6-15(13)9(12)7-8/h8-9H,4-7H2,1-3H3,(H,14,16). The van der Waals surface area contributed by atoms with Crippen molar-refractivity contribution < 1.29 is 18.4 Å². The van der Waals surface area contributed by atoms with Crippen molar-refractivity contribution in [3.8, 4) is 0 Å². The van der Waals surface area contributed by atoms with Crippen molar-refractivity contribution in [2.24, 2.45) is 0 Å². The molecule has 0 saturated carbocycles. The molecule has 100 valence electrons. The lowest BCUT2D eigenvalue weighted by Gasteiger charge is -2.23. The molecule has 0 radical (unpaired) electrons. The van der Waals surface area contributed by atoms with E-state index < -0.39 is 18.0 Å². The Hall–Kier alpha value is -0.910. The molecule has 1 fully saturated rings. The fourth-order valence-corrected chi connectivity index (χ4v) is 1.70. The van der Waals surface area contributed by atoms with Crippen molar-refractivity contribution in [3.05, 3.63) is 0 Å². The number of alkyl carbamates (subject to hydrolysis) is 1. The van der Waals surface area contributed by atoms with Crippen LogP contribution in [0.25, 0.3) is 0 Å². The van der Waals surface area contributed by atoms with Crippen molar-refractivity contribution in [2.75, 3.05) is 6.54 Å². The molecule has 1 rings (SSSR count). The van der Waals surface area contributed by atoms with E-state index in [4.69, 9.17) is 4.74 Å². The second kappa shape index (κ2) is 5.62. The van der Waals surface area contributed by atoms with Crippen LogP contribution < -0.4 is 5.32 Å². The van der Waals surface area contributed by atoms with Gasteiger partial charge in [-0.3, -0.25) is 0 Å². The molecular weight excluding hydrogens is 230 g/mol. The largest absolute Gasteiger partial charge is 0.444 e. The third kappa shape index (κ3) is 5.30. The predicted molar refractivity (Wildman–Crippen MR) is 59.7 cm³/mol. The Labute approximate surface area is 100 Å². The van der Waals surface area contributed by atoms with E-state index in [-0.39, 0.29) is 24.1 Å². The van der Waals surface area contributed by atoms with E-state index in [9.17, 15) is 13.7 Å². The Bertz CT molecular complexity index is 269. The maximum atomic E-state index is 13.2. The average molecular weight is 250 g/mol. The van der Waals surface area contributed by atoms with Crippen LogP contribution in [-0.4, -0.2) is 35.7 Å². The molecule has 1 saturated heterocycles. The van der Waals surface area contributed by atoms with Crippen LogP contribution in [0.3, 0.4) is 0 Å². The van der Waals surface area contributed by atoms with Crippen molar-refractivity contribution >= 4 is 6.09 Å². The van der Waals surface area contributed by atoms with Crippen LogP contribution in [0.1, 0.15) is 40.0 Å². The first-order chi connectivity index (χ1) is 7.78. The van der Waals surface area contributed by atoms with Gasteiger partial charge in [0, 0.05) is 19.0 Å². The summed E-state index contributed by atoms with van der Waals surface area (Å²) in [5.74, 6) is 0. The van der Waals surface area contributed by atoms with E-state index >= 15 is 0 Å². The number of hydrogen-bond acceptors (Lipinski definition) is 3. The molecule has 0 spiro atoms. The highest BCUT2D eigenvalue weighted by Crippen LogP contribution is 2.19. The molecule has 1 heterocycles. The summed E-state index contributed by atoms with van der Waals surface area (Å²) < 4.78 is 31.2. The summed E-state index contributed by atoms with van der Waals surface area (Å²) in [6.45, 7) is 5.32. The summed E-state index contributed by atoms with van der Waals surface area (Å²) in [7, 11) is 0.